The molecule has 1 aliphatic rings. The predicted octanol–water partition coefficient (Wildman–Crippen LogP) is -2.11. The van der Waals surface area contributed by atoms with Crippen LogP contribution in [-0.4, -0.2) is 47.5 Å². The molecule has 1 heterocycles. The molecule has 1 saturated heterocycles. The van der Waals surface area contributed by atoms with Crippen LogP contribution in [0.2, 0.25) is 0 Å². The van der Waals surface area contributed by atoms with Gasteiger partial charge in [-0.15, -0.1) is 0 Å². The van der Waals surface area contributed by atoms with Crippen molar-refractivity contribution in [3.05, 3.63) is 0 Å². The molecule has 0 spiro atoms. The van der Waals surface area contributed by atoms with E-state index in [2.05, 4.69) is 16.0 Å². The highest BCUT2D eigenvalue weighted by Gasteiger charge is 2.24. The van der Waals surface area contributed by atoms with Gasteiger partial charge in [0, 0.05) is 19.0 Å². The quantitative estimate of drug-likeness (QED) is 0.388. The van der Waals surface area contributed by atoms with E-state index in [4.69, 9.17) is 10.8 Å². The van der Waals surface area contributed by atoms with Crippen LogP contribution >= 0.6 is 0 Å². The van der Waals surface area contributed by atoms with Crippen molar-refractivity contribution >= 4 is 23.8 Å². The minimum Gasteiger partial charge on any atom is -0.480 e. The third-order valence-electron chi connectivity index (χ3n) is 2.61. The average Bonchev–Trinajstić information content (AvgIpc) is 2.30. The van der Waals surface area contributed by atoms with Crippen LogP contribution in [0.15, 0.2) is 0 Å². The van der Waals surface area contributed by atoms with E-state index in [0.717, 1.165) is 0 Å². The summed E-state index contributed by atoms with van der Waals surface area (Å²) in [5.41, 5.74) is 4.88. The molecule has 19 heavy (non-hydrogen) atoms. The molecule has 9 heteroatoms. The third-order valence-corrected chi connectivity index (χ3v) is 2.61. The van der Waals surface area contributed by atoms with E-state index in [9.17, 15) is 19.2 Å². The Labute approximate surface area is 108 Å². The summed E-state index contributed by atoms with van der Waals surface area (Å²) in [4.78, 5) is 43.9. The molecule has 1 aliphatic heterocycles. The number of hydrogen-bond donors (Lipinski definition) is 5. The summed E-state index contributed by atoms with van der Waals surface area (Å²) in [6.45, 7) is 0.291. The summed E-state index contributed by atoms with van der Waals surface area (Å²) >= 11 is 0. The van der Waals surface area contributed by atoms with Crippen LogP contribution in [0.4, 0.5) is 4.79 Å². The van der Waals surface area contributed by atoms with E-state index in [-0.39, 0.29) is 11.9 Å². The Morgan fingerprint density at radius 3 is 2.63 bits per heavy atom. The zero-order valence-electron chi connectivity index (χ0n) is 10.1. The molecular formula is C10H16N4O5. The number of rotatable bonds is 5. The fraction of sp³-hybridized carbons (Fsp3) is 0.600. The Balaban J connectivity index is 2.42. The SMILES string of the molecule is NC(=O)C[C@H](NC(=O)NC1CCC(=O)NC1)C(=O)O. The lowest BCUT2D eigenvalue weighted by Gasteiger charge is -2.24. The standard InChI is InChI=1S/C10H16N4O5/c11-7(15)3-6(9(17)18)14-10(19)13-5-1-2-8(16)12-4-5/h5-6H,1-4H2,(H2,11,15)(H,12,16)(H,17,18)(H2,13,14,19)/t5?,6-/m0/s1. The Morgan fingerprint density at radius 2 is 2.16 bits per heavy atom. The highest BCUT2D eigenvalue weighted by Crippen LogP contribution is 2.02. The first kappa shape index (κ1) is 14.7. The van der Waals surface area contributed by atoms with Crippen LogP contribution < -0.4 is 21.7 Å². The van der Waals surface area contributed by atoms with E-state index in [1.54, 1.807) is 0 Å². The molecule has 9 nitrogen and oxygen atoms in total. The minimum absolute atomic E-state index is 0.0874. The van der Waals surface area contributed by atoms with E-state index in [1.165, 1.54) is 0 Å². The Morgan fingerprint density at radius 1 is 1.47 bits per heavy atom. The second-order valence-corrected chi connectivity index (χ2v) is 4.22. The lowest BCUT2D eigenvalue weighted by Crippen LogP contribution is -2.54. The minimum atomic E-state index is -1.37. The fourth-order valence-electron chi connectivity index (χ4n) is 1.64. The van der Waals surface area contributed by atoms with Gasteiger partial charge < -0.3 is 26.8 Å². The molecule has 1 unspecified atom stereocenters. The van der Waals surface area contributed by atoms with Gasteiger partial charge in [-0.2, -0.15) is 0 Å². The van der Waals surface area contributed by atoms with E-state index >= 15 is 0 Å². The number of carboxylic acid groups (broad SMARTS) is 1. The number of aliphatic carboxylic acids is 1. The number of primary amides is 1. The number of piperidine rings is 1. The number of nitrogens with two attached hydrogens (primary N) is 1. The van der Waals surface area contributed by atoms with Gasteiger partial charge in [0.2, 0.25) is 11.8 Å². The van der Waals surface area contributed by atoms with E-state index in [0.29, 0.717) is 19.4 Å². The Kier molecular flexibility index (Phi) is 5.10. The molecule has 4 amide bonds. The molecule has 1 rings (SSSR count). The van der Waals surface area contributed by atoms with Crippen molar-refractivity contribution in [2.24, 2.45) is 5.73 Å². The van der Waals surface area contributed by atoms with Crippen molar-refractivity contribution in [2.45, 2.75) is 31.3 Å². The van der Waals surface area contributed by atoms with Gasteiger partial charge in [-0.3, -0.25) is 9.59 Å². The molecule has 6 N–H and O–H groups in total. The normalized spacial score (nSPS) is 20.0. The molecule has 0 aromatic heterocycles. The molecule has 106 valence electrons. The van der Waals surface area contributed by atoms with Gasteiger partial charge >= 0.3 is 12.0 Å². The maximum Gasteiger partial charge on any atom is 0.326 e. The van der Waals surface area contributed by atoms with Crippen molar-refractivity contribution < 1.29 is 24.3 Å². The summed E-state index contributed by atoms with van der Waals surface area (Å²) in [6.07, 6.45) is 0.297. The molecule has 0 saturated carbocycles. The van der Waals surface area contributed by atoms with Gasteiger partial charge in [0.05, 0.1) is 6.42 Å². The van der Waals surface area contributed by atoms with Gasteiger partial charge in [-0.05, 0) is 6.42 Å². The summed E-state index contributed by atoms with van der Waals surface area (Å²) in [5.74, 6) is -2.25. The van der Waals surface area contributed by atoms with Gasteiger partial charge in [-0.25, -0.2) is 9.59 Å². The number of hydrogen-bond acceptors (Lipinski definition) is 4. The molecule has 2 atom stereocenters. The molecule has 0 aromatic carbocycles. The zero-order chi connectivity index (χ0) is 14.4. The van der Waals surface area contributed by atoms with Gasteiger partial charge in [0.25, 0.3) is 0 Å². The van der Waals surface area contributed by atoms with Crippen LogP contribution in [0, 0.1) is 0 Å². The number of carboxylic acids is 1. The summed E-state index contributed by atoms with van der Waals surface area (Å²) in [7, 11) is 0. The highest BCUT2D eigenvalue weighted by molar-refractivity contribution is 5.87. The number of amides is 4. The number of carbonyl (C=O) groups is 4. The van der Waals surface area contributed by atoms with Crippen LogP contribution in [0.5, 0.6) is 0 Å². The van der Waals surface area contributed by atoms with Crippen LogP contribution in [0.3, 0.4) is 0 Å². The van der Waals surface area contributed by atoms with Crippen molar-refractivity contribution in [1.29, 1.82) is 0 Å². The monoisotopic (exact) mass is 272 g/mol. The lowest BCUT2D eigenvalue weighted by atomic mass is 10.1. The third kappa shape index (κ3) is 5.23. The van der Waals surface area contributed by atoms with E-state index in [1.807, 2.05) is 0 Å². The molecule has 1 fully saturated rings. The summed E-state index contributed by atoms with van der Waals surface area (Å²) in [5, 5.41) is 16.0. The largest absolute Gasteiger partial charge is 0.480 e. The molecule has 0 aliphatic carbocycles. The van der Waals surface area contributed by atoms with Gasteiger partial charge in [-0.1, -0.05) is 0 Å². The second kappa shape index (κ2) is 6.57. The van der Waals surface area contributed by atoms with Crippen molar-refractivity contribution in [1.82, 2.24) is 16.0 Å². The van der Waals surface area contributed by atoms with Gasteiger partial charge in [0.1, 0.15) is 6.04 Å². The zero-order valence-corrected chi connectivity index (χ0v) is 10.1. The molecule has 0 radical (unpaired) electrons. The van der Waals surface area contributed by atoms with Crippen LogP contribution in [0.25, 0.3) is 0 Å². The second-order valence-electron chi connectivity index (χ2n) is 4.22. The molecule has 0 aromatic rings. The lowest BCUT2D eigenvalue weighted by molar-refractivity contribution is -0.140. The maximum absolute atomic E-state index is 11.5. The summed E-state index contributed by atoms with van der Waals surface area (Å²) in [6, 6.07) is -2.34. The maximum atomic E-state index is 11.5. The Hall–Kier alpha value is -2.32. The first-order valence-corrected chi connectivity index (χ1v) is 5.73. The molecular weight excluding hydrogens is 256 g/mol. The van der Waals surface area contributed by atoms with Crippen molar-refractivity contribution in [2.75, 3.05) is 6.54 Å². The smallest absolute Gasteiger partial charge is 0.326 e. The average molecular weight is 272 g/mol. The fourth-order valence-corrected chi connectivity index (χ4v) is 1.64. The number of urea groups is 1. The molecule has 0 bridgehead atoms. The first-order valence-electron chi connectivity index (χ1n) is 5.73. The Bertz CT molecular complexity index is 387. The first-order chi connectivity index (χ1) is 8.88. The van der Waals surface area contributed by atoms with Gasteiger partial charge in [0.15, 0.2) is 0 Å². The topological polar surface area (TPSA) is 151 Å². The number of nitrogens with one attached hydrogen (secondary N) is 3. The van der Waals surface area contributed by atoms with E-state index < -0.39 is 30.4 Å². The van der Waals surface area contributed by atoms with Crippen molar-refractivity contribution in [3.8, 4) is 0 Å². The van der Waals surface area contributed by atoms with Crippen LogP contribution in [-0.2, 0) is 14.4 Å². The predicted molar refractivity (Wildman–Crippen MR) is 62.9 cm³/mol. The highest BCUT2D eigenvalue weighted by atomic mass is 16.4. The number of carbonyl (C=O) groups excluding carboxylic acids is 3. The summed E-state index contributed by atoms with van der Waals surface area (Å²) < 4.78 is 0. The van der Waals surface area contributed by atoms with Crippen LogP contribution in [0.1, 0.15) is 19.3 Å². The van der Waals surface area contributed by atoms with Crippen molar-refractivity contribution in [3.63, 3.8) is 0 Å².